The highest BCUT2D eigenvalue weighted by Gasteiger charge is 2.20. The van der Waals surface area contributed by atoms with E-state index in [0.717, 1.165) is 25.9 Å². The molecule has 0 aliphatic carbocycles. The maximum absolute atomic E-state index is 12.0. The second kappa shape index (κ2) is 5.77. The van der Waals surface area contributed by atoms with Gasteiger partial charge < -0.3 is 15.5 Å². The van der Waals surface area contributed by atoms with Gasteiger partial charge in [-0.05, 0) is 12.8 Å². The summed E-state index contributed by atoms with van der Waals surface area (Å²) in [4.78, 5) is 24.2. The topological polar surface area (TPSA) is 75.4 Å². The molecule has 18 heavy (non-hydrogen) atoms. The first kappa shape index (κ1) is 12.8. The number of rotatable bonds is 4. The molecule has 1 aromatic heterocycles. The van der Waals surface area contributed by atoms with Crippen molar-refractivity contribution in [2.24, 2.45) is 5.73 Å². The number of anilines is 1. The fraction of sp³-hybridized carbons (Fsp3) is 0.583. The van der Waals surface area contributed by atoms with Crippen molar-refractivity contribution >= 4 is 11.7 Å². The lowest BCUT2D eigenvalue weighted by Crippen LogP contribution is -2.38. The summed E-state index contributed by atoms with van der Waals surface area (Å²) in [7, 11) is 1.84. The van der Waals surface area contributed by atoms with Crippen molar-refractivity contribution in [3.8, 4) is 0 Å². The Hall–Kier alpha value is -1.69. The van der Waals surface area contributed by atoms with Gasteiger partial charge in [-0.25, -0.2) is 4.98 Å². The number of nitrogens with two attached hydrogens (primary N) is 1. The first-order valence-corrected chi connectivity index (χ1v) is 6.21. The van der Waals surface area contributed by atoms with Crippen LogP contribution in [0.3, 0.4) is 0 Å². The van der Waals surface area contributed by atoms with Crippen molar-refractivity contribution < 1.29 is 4.79 Å². The SMILES string of the molecule is CN(CC(=O)N1CCCC1)c1nccnc1CN. The summed E-state index contributed by atoms with van der Waals surface area (Å²) in [6.45, 7) is 2.39. The maximum Gasteiger partial charge on any atom is 0.242 e. The zero-order chi connectivity index (χ0) is 13.0. The minimum Gasteiger partial charge on any atom is -0.349 e. The standard InChI is InChI=1S/C12H19N5O/c1-16(9-11(18)17-6-2-3-7-17)12-10(8-13)14-4-5-15-12/h4-5H,2-3,6-9,13H2,1H3. The molecule has 6 heteroatoms. The summed E-state index contributed by atoms with van der Waals surface area (Å²) in [5, 5.41) is 0. The second-order valence-electron chi connectivity index (χ2n) is 4.47. The van der Waals surface area contributed by atoms with E-state index in [1.165, 1.54) is 0 Å². The minimum atomic E-state index is 0.142. The van der Waals surface area contributed by atoms with Gasteiger partial charge in [0.15, 0.2) is 5.82 Å². The number of aromatic nitrogens is 2. The van der Waals surface area contributed by atoms with E-state index in [1.807, 2.05) is 16.8 Å². The molecule has 0 unspecified atom stereocenters. The molecule has 1 saturated heterocycles. The number of hydrogen-bond acceptors (Lipinski definition) is 5. The first-order valence-electron chi connectivity index (χ1n) is 6.21. The van der Waals surface area contributed by atoms with E-state index in [0.29, 0.717) is 24.6 Å². The van der Waals surface area contributed by atoms with Gasteiger partial charge >= 0.3 is 0 Å². The minimum absolute atomic E-state index is 0.142. The molecule has 1 aliphatic heterocycles. The van der Waals surface area contributed by atoms with Crippen LogP contribution in [0.4, 0.5) is 5.82 Å². The van der Waals surface area contributed by atoms with Crippen LogP contribution in [0, 0.1) is 0 Å². The Morgan fingerprint density at radius 1 is 1.39 bits per heavy atom. The second-order valence-corrected chi connectivity index (χ2v) is 4.47. The molecule has 6 nitrogen and oxygen atoms in total. The van der Waals surface area contributed by atoms with E-state index in [-0.39, 0.29) is 5.91 Å². The average molecular weight is 249 g/mol. The predicted molar refractivity (Wildman–Crippen MR) is 69.0 cm³/mol. The monoisotopic (exact) mass is 249 g/mol. The number of carbonyl (C=O) groups excluding carboxylic acids is 1. The third kappa shape index (κ3) is 2.76. The Bertz CT molecular complexity index is 417. The highest BCUT2D eigenvalue weighted by Crippen LogP contribution is 2.14. The molecule has 2 heterocycles. The van der Waals surface area contributed by atoms with Crippen LogP contribution in [0.5, 0.6) is 0 Å². The average Bonchev–Trinajstić information content (AvgIpc) is 2.92. The highest BCUT2D eigenvalue weighted by molar-refractivity contribution is 5.81. The fourth-order valence-corrected chi connectivity index (χ4v) is 2.17. The van der Waals surface area contributed by atoms with Crippen molar-refractivity contribution in [3.63, 3.8) is 0 Å². The zero-order valence-electron chi connectivity index (χ0n) is 10.7. The van der Waals surface area contributed by atoms with Crippen LogP contribution in [0.25, 0.3) is 0 Å². The summed E-state index contributed by atoms with van der Waals surface area (Å²) in [5.74, 6) is 0.830. The zero-order valence-corrected chi connectivity index (χ0v) is 10.7. The molecular formula is C12H19N5O. The van der Waals surface area contributed by atoms with E-state index in [9.17, 15) is 4.79 Å². The fourth-order valence-electron chi connectivity index (χ4n) is 2.17. The van der Waals surface area contributed by atoms with Crippen LogP contribution in [0.15, 0.2) is 12.4 Å². The largest absolute Gasteiger partial charge is 0.349 e. The number of likely N-dealkylation sites (tertiary alicyclic amines) is 1. The third-order valence-electron chi connectivity index (χ3n) is 3.14. The summed E-state index contributed by atoms with van der Waals surface area (Å²) < 4.78 is 0. The van der Waals surface area contributed by atoms with Crippen LogP contribution in [-0.4, -0.2) is 47.5 Å². The van der Waals surface area contributed by atoms with Gasteiger partial charge in [0, 0.05) is 39.1 Å². The number of nitrogens with zero attached hydrogens (tertiary/aromatic N) is 4. The van der Waals surface area contributed by atoms with Crippen molar-refractivity contribution in [2.75, 3.05) is 31.6 Å². The lowest BCUT2D eigenvalue weighted by molar-refractivity contribution is -0.128. The van der Waals surface area contributed by atoms with Crippen molar-refractivity contribution in [1.82, 2.24) is 14.9 Å². The van der Waals surface area contributed by atoms with Gasteiger partial charge in [0.1, 0.15) is 0 Å². The van der Waals surface area contributed by atoms with E-state index < -0.39 is 0 Å². The molecular weight excluding hydrogens is 230 g/mol. The Morgan fingerprint density at radius 2 is 2.06 bits per heavy atom. The van der Waals surface area contributed by atoms with E-state index in [1.54, 1.807) is 12.4 Å². The number of amides is 1. The van der Waals surface area contributed by atoms with Crippen LogP contribution in [0.1, 0.15) is 18.5 Å². The number of carbonyl (C=O) groups is 1. The molecule has 2 rings (SSSR count). The Labute approximate surface area is 107 Å². The Kier molecular flexibility index (Phi) is 4.09. The molecule has 2 N–H and O–H groups in total. The van der Waals surface area contributed by atoms with Crippen LogP contribution < -0.4 is 10.6 Å². The maximum atomic E-state index is 12.0. The molecule has 0 spiro atoms. The van der Waals surface area contributed by atoms with E-state index in [4.69, 9.17) is 5.73 Å². The van der Waals surface area contributed by atoms with Gasteiger partial charge in [-0.3, -0.25) is 9.78 Å². The molecule has 1 aromatic rings. The van der Waals surface area contributed by atoms with Gasteiger partial charge in [-0.1, -0.05) is 0 Å². The summed E-state index contributed by atoms with van der Waals surface area (Å²) in [6.07, 6.45) is 5.44. The molecule has 0 radical (unpaired) electrons. The quantitative estimate of drug-likeness (QED) is 0.812. The Morgan fingerprint density at radius 3 is 2.72 bits per heavy atom. The predicted octanol–water partition coefficient (Wildman–Crippen LogP) is -0.00610. The summed E-state index contributed by atoms with van der Waals surface area (Å²) in [5.41, 5.74) is 6.33. The summed E-state index contributed by atoms with van der Waals surface area (Å²) in [6, 6.07) is 0. The van der Waals surface area contributed by atoms with Gasteiger partial charge in [0.05, 0.1) is 12.2 Å². The smallest absolute Gasteiger partial charge is 0.242 e. The third-order valence-corrected chi connectivity index (χ3v) is 3.14. The normalized spacial score (nSPS) is 14.9. The van der Waals surface area contributed by atoms with Crippen LogP contribution in [-0.2, 0) is 11.3 Å². The molecule has 98 valence electrons. The van der Waals surface area contributed by atoms with Crippen LogP contribution >= 0.6 is 0 Å². The van der Waals surface area contributed by atoms with Gasteiger partial charge in [0.25, 0.3) is 0 Å². The van der Waals surface area contributed by atoms with E-state index in [2.05, 4.69) is 9.97 Å². The van der Waals surface area contributed by atoms with Crippen molar-refractivity contribution in [3.05, 3.63) is 18.1 Å². The molecule has 0 bridgehead atoms. The molecule has 1 fully saturated rings. The lowest BCUT2D eigenvalue weighted by atomic mass is 10.3. The molecule has 0 atom stereocenters. The lowest BCUT2D eigenvalue weighted by Gasteiger charge is -2.23. The molecule has 0 aromatic carbocycles. The van der Waals surface area contributed by atoms with Gasteiger partial charge in [0.2, 0.25) is 5.91 Å². The van der Waals surface area contributed by atoms with E-state index >= 15 is 0 Å². The van der Waals surface area contributed by atoms with Gasteiger partial charge in [-0.2, -0.15) is 0 Å². The van der Waals surface area contributed by atoms with Gasteiger partial charge in [-0.15, -0.1) is 0 Å². The van der Waals surface area contributed by atoms with Crippen molar-refractivity contribution in [2.45, 2.75) is 19.4 Å². The molecule has 1 aliphatic rings. The molecule has 0 saturated carbocycles. The molecule has 1 amide bonds. The number of hydrogen-bond donors (Lipinski definition) is 1. The summed E-state index contributed by atoms with van der Waals surface area (Å²) >= 11 is 0. The van der Waals surface area contributed by atoms with Crippen LogP contribution in [0.2, 0.25) is 0 Å². The first-order chi connectivity index (χ1) is 8.72. The van der Waals surface area contributed by atoms with Crippen molar-refractivity contribution in [1.29, 1.82) is 0 Å². The number of likely N-dealkylation sites (N-methyl/N-ethyl adjacent to an activating group) is 1. The highest BCUT2D eigenvalue weighted by atomic mass is 16.2. The Balaban J connectivity index is 2.02.